The van der Waals surface area contributed by atoms with Crippen molar-refractivity contribution in [2.24, 2.45) is 0 Å². The minimum Gasteiger partial charge on any atom is -0.456 e. The predicted molar refractivity (Wildman–Crippen MR) is 176 cm³/mol. The molecule has 1 atom stereocenters. The van der Waals surface area contributed by atoms with Gasteiger partial charge in [0.15, 0.2) is 5.52 Å². The number of fused-ring (bicyclic) bond motifs is 10. The highest BCUT2D eigenvalue weighted by Gasteiger charge is 2.59. The second kappa shape index (κ2) is 7.23. The fraction of sp³-hybridized carbons (Fsp3) is 0.125. The Hall–Kier alpha value is -5.35. The highest BCUT2D eigenvalue weighted by Crippen LogP contribution is 2.60. The summed E-state index contributed by atoms with van der Waals surface area (Å²) in [7, 11) is 0. The van der Waals surface area contributed by atoms with Crippen molar-refractivity contribution in [1.29, 1.82) is 0 Å². The first-order chi connectivity index (χ1) is 21.5. The molecule has 208 valence electrons. The molecule has 8 aromatic rings. The van der Waals surface area contributed by atoms with Crippen LogP contribution in [0.5, 0.6) is 11.5 Å². The first-order valence-corrected chi connectivity index (χ1v) is 15.5. The molecule has 11 rings (SSSR count). The molecule has 5 aromatic carbocycles. The van der Waals surface area contributed by atoms with Gasteiger partial charge in [-0.1, -0.05) is 69.3 Å². The van der Waals surface area contributed by atoms with Crippen LogP contribution in [0, 0.1) is 0 Å². The summed E-state index contributed by atoms with van der Waals surface area (Å²) < 4.78 is 14.5. The zero-order chi connectivity index (χ0) is 29.1. The molecule has 3 aliphatic heterocycles. The molecule has 1 unspecified atom stereocenters. The molecule has 6 heterocycles. The van der Waals surface area contributed by atoms with Crippen LogP contribution in [0.4, 0.5) is 0 Å². The van der Waals surface area contributed by atoms with Crippen LogP contribution in [0.25, 0.3) is 55.1 Å². The van der Waals surface area contributed by atoms with E-state index in [9.17, 15) is 0 Å². The van der Waals surface area contributed by atoms with Gasteiger partial charge in [0.25, 0.3) is 5.82 Å². The molecule has 0 saturated carbocycles. The van der Waals surface area contributed by atoms with Gasteiger partial charge in [-0.2, -0.15) is 4.57 Å². The van der Waals surface area contributed by atoms with E-state index >= 15 is 0 Å². The third kappa shape index (κ3) is 2.35. The number of nitrogens with zero attached hydrogens (tertiary/aromatic N) is 3. The van der Waals surface area contributed by atoms with E-state index in [0.717, 1.165) is 11.5 Å². The molecule has 0 bridgehead atoms. The molecule has 3 aliphatic rings. The maximum Gasteiger partial charge on any atom is 0.288 e. The summed E-state index contributed by atoms with van der Waals surface area (Å²) in [6.45, 7) is 6.91. The Morgan fingerprint density at radius 1 is 0.614 bits per heavy atom. The van der Waals surface area contributed by atoms with Gasteiger partial charge in [-0.05, 0) is 65.6 Å². The molecule has 4 heteroatoms. The lowest BCUT2D eigenvalue weighted by Gasteiger charge is -2.44. The summed E-state index contributed by atoms with van der Waals surface area (Å²) in [6, 6.07) is 40.3. The maximum absolute atomic E-state index is 6.97. The van der Waals surface area contributed by atoms with Gasteiger partial charge in [-0.3, -0.25) is 0 Å². The zero-order valence-corrected chi connectivity index (χ0v) is 24.7. The van der Waals surface area contributed by atoms with Crippen LogP contribution in [-0.4, -0.2) is 9.13 Å². The van der Waals surface area contributed by atoms with Gasteiger partial charge in [-0.15, -0.1) is 0 Å². The van der Waals surface area contributed by atoms with Crippen molar-refractivity contribution in [3.05, 3.63) is 138 Å². The number of hydrogen-bond donors (Lipinski definition) is 0. The summed E-state index contributed by atoms with van der Waals surface area (Å²) in [6.07, 6.45) is 2.35. The average molecular weight is 567 g/mol. The average Bonchev–Trinajstić information content (AvgIpc) is 3.57. The van der Waals surface area contributed by atoms with Crippen LogP contribution in [0.1, 0.15) is 43.0 Å². The summed E-state index contributed by atoms with van der Waals surface area (Å²) in [5, 5.41) is 5.04. The van der Waals surface area contributed by atoms with Gasteiger partial charge < -0.3 is 9.30 Å². The van der Waals surface area contributed by atoms with E-state index in [-0.39, 0.29) is 5.41 Å². The molecule has 0 N–H and O–H groups in total. The van der Waals surface area contributed by atoms with Crippen LogP contribution < -0.4 is 9.30 Å². The number of para-hydroxylation sites is 3. The van der Waals surface area contributed by atoms with Gasteiger partial charge in [0.05, 0.1) is 34.0 Å². The molecular weight excluding hydrogens is 538 g/mol. The van der Waals surface area contributed by atoms with Crippen LogP contribution in [-0.2, 0) is 11.0 Å². The monoisotopic (exact) mass is 566 g/mol. The van der Waals surface area contributed by atoms with E-state index in [1.807, 2.05) is 0 Å². The summed E-state index contributed by atoms with van der Waals surface area (Å²) in [4.78, 5) is 0. The van der Waals surface area contributed by atoms with E-state index in [1.54, 1.807) is 0 Å². The largest absolute Gasteiger partial charge is 0.456 e. The van der Waals surface area contributed by atoms with Crippen molar-refractivity contribution in [2.45, 2.75) is 31.7 Å². The Morgan fingerprint density at radius 2 is 1.20 bits per heavy atom. The molecule has 4 nitrogen and oxygen atoms in total. The summed E-state index contributed by atoms with van der Waals surface area (Å²) >= 11 is 0. The van der Waals surface area contributed by atoms with Crippen molar-refractivity contribution in [3.63, 3.8) is 0 Å². The second-order valence-corrected chi connectivity index (χ2v) is 13.6. The lowest BCUT2D eigenvalue weighted by Crippen LogP contribution is -2.64. The Kier molecular flexibility index (Phi) is 3.80. The molecule has 0 radical (unpaired) electrons. The quantitative estimate of drug-likeness (QED) is 0.168. The van der Waals surface area contributed by atoms with Gasteiger partial charge in [0, 0.05) is 33.2 Å². The number of ether oxygens (including phenoxy) is 1. The van der Waals surface area contributed by atoms with E-state index in [2.05, 4.69) is 150 Å². The van der Waals surface area contributed by atoms with Gasteiger partial charge in [0.1, 0.15) is 17.0 Å². The number of pyridine rings is 1. The number of rotatable bonds is 0. The minimum atomic E-state index is -0.626. The van der Waals surface area contributed by atoms with Crippen LogP contribution in [0.2, 0.25) is 0 Å². The second-order valence-electron chi connectivity index (χ2n) is 13.6. The first-order valence-electron chi connectivity index (χ1n) is 15.5. The summed E-state index contributed by atoms with van der Waals surface area (Å²) in [5.41, 5.74) is 10.5. The molecular formula is C40H28N3O+. The van der Waals surface area contributed by atoms with E-state index in [1.165, 1.54) is 77.4 Å². The smallest absolute Gasteiger partial charge is 0.288 e. The van der Waals surface area contributed by atoms with E-state index < -0.39 is 5.54 Å². The van der Waals surface area contributed by atoms with Crippen LogP contribution >= 0.6 is 0 Å². The predicted octanol–water partition coefficient (Wildman–Crippen LogP) is 9.04. The number of hydrogen-bond acceptors (Lipinski definition) is 1. The molecule has 3 aromatic heterocycles. The van der Waals surface area contributed by atoms with E-state index in [0.29, 0.717) is 0 Å². The summed E-state index contributed by atoms with van der Waals surface area (Å²) in [5.74, 6) is 3.02. The Labute approximate surface area is 254 Å². The Balaban J connectivity index is 1.47. The Morgan fingerprint density at radius 3 is 1.89 bits per heavy atom. The standard InChI is InChI=1S/C40H28N3O/c1-39(2,3)23-20-21-41-34(22-23)43-30-14-8-5-11-25(30)27-17-19-33-36(38(27)43)40(41)28-12-6-9-15-31(28)42-29-13-7-4-10-24(29)26-16-18-32(44-33)35(40)37(26)42/h4-22H,1-3H3/q+1. The van der Waals surface area contributed by atoms with Crippen molar-refractivity contribution in [1.82, 2.24) is 9.13 Å². The van der Waals surface area contributed by atoms with Crippen LogP contribution in [0.3, 0.4) is 0 Å². The molecule has 0 fully saturated rings. The minimum absolute atomic E-state index is 0.00476. The molecule has 1 spiro atoms. The fourth-order valence-electron chi connectivity index (χ4n) is 8.70. The van der Waals surface area contributed by atoms with Crippen LogP contribution in [0.15, 0.2) is 115 Å². The van der Waals surface area contributed by atoms with Crippen molar-refractivity contribution in [2.75, 3.05) is 0 Å². The van der Waals surface area contributed by atoms with Gasteiger partial charge in [-0.25, -0.2) is 4.57 Å². The maximum atomic E-state index is 6.97. The third-order valence-electron chi connectivity index (χ3n) is 10.5. The first kappa shape index (κ1) is 23.1. The molecule has 0 amide bonds. The Bertz CT molecular complexity index is 2630. The number of benzene rings is 5. The van der Waals surface area contributed by atoms with Crippen molar-refractivity contribution in [3.8, 4) is 23.0 Å². The van der Waals surface area contributed by atoms with E-state index in [4.69, 9.17) is 4.74 Å². The van der Waals surface area contributed by atoms with Gasteiger partial charge in [0.2, 0.25) is 5.54 Å². The third-order valence-corrected chi connectivity index (χ3v) is 10.5. The highest BCUT2D eigenvalue weighted by molar-refractivity contribution is 6.15. The zero-order valence-electron chi connectivity index (χ0n) is 24.7. The lowest BCUT2D eigenvalue weighted by molar-refractivity contribution is -0.730. The lowest BCUT2D eigenvalue weighted by atomic mass is 9.70. The SMILES string of the molecule is CC(C)(C)c1cc[n+]2c(c1)-n1c3ccccc3c3ccc4c(c31)C21c2ccccc2-n2c3ccccc3c3ccc(c1c32)O4. The topological polar surface area (TPSA) is 23.0 Å². The number of aromatic nitrogens is 3. The highest BCUT2D eigenvalue weighted by atomic mass is 16.5. The van der Waals surface area contributed by atoms with Gasteiger partial charge >= 0.3 is 0 Å². The fourth-order valence-corrected chi connectivity index (χ4v) is 8.70. The normalized spacial score (nSPS) is 17.2. The van der Waals surface area contributed by atoms with Crippen molar-refractivity contribution < 1.29 is 9.30 Å². The molecule has 0 saturated heterocycles. The molecule has 44 heavy (non-hydrogen) atoms. The van der Waals surface area contributed by atoms with Crippen molar-refractivity contribution >= 4 is 43.6 Å². The molecule has 0 aliphatic carbocycles.